The maximum atomic E-state index is 13.3. The van der Waals surface area contributed by atoms with Gasteiger partial charge >= 0.3 is 5.97 Å². The summed E-state index contributed by atoms with van der Waals surface area (Å²) in [4.78, 5) is 42.0. The molecular weight excluding hydrogens is 592 g/mol. The molecule has 2 heterocycles. The molecule has 2 aliphatic heterocycles. The second kappa shape index (κ2) is 15.2. The molecule has 2 aromatic carbocycles. The number of aliphatic carboxylic acids is 1. The Hall–Kier alpha value is -3.62. The third-order valence-corrected chi connectivity index (χ3v) is 10.4. The van der Waals surface area contributed by atoms with Gasteiger partial charge in [0.25, 0.3) is 0 Å². The van der Waals surface area contributed by atoms with Gasteiger partial charge in [-0.05, 0) is 56.0 Å². The van der Waals surface area contributed by atoms with Crippen LogP contribution in [-0.2, 0) is 30.8 Å². The van der Waals surface area contributed by atoms with Gasteiger partial charge in [0, 0.05) is 43.9 Å². The monoisotopic (exact) mass is 630 g/mol. The van der Waals surface area contributed by atoms with Gasteiger partial charge in [-0.3, -0.25) is 14.6 Å². The molecule has 232 valence electrons. The van der Waals surface area contributed by atoms with Gasteiger partial charge in [-0.2, -0.15) is 4.31 Å². The summed E-state index contributed by atoms with van der Waals surface area (Å²) in [5.41, 5.74) is 1.22. The molecular formula is C29H38N6O6S2. The fourth-order valence-corrected chi connectivity index (χ4v) is 8.14. The van der Waals surface area contributed by atoms with Crippen molar-refractivity contribution in [1.82, 2.24) is 20.3 Å². The maximum absolute atomic E-state index is 13.3. The molecule has 2 aliphatic rings. The lowest BCUT2D eigenvalue weighted by atomic mass is 10.0. The van der Waals surface area contributed by atoms with Crippen LogP contribution in [0.2, 0.25) is 0 Å². The molecule has 3 atom stereocenters. The number of benzene rings is 2. The van der Waals surface area contributed by atoms with Crippen molar-refractivity contribution in [3.8, 4) is 0 Å². The Morgan fingerprint density at radius 2 is 1.86 bits per heavy atom. The Balaban J connectivity index is 1.27. The molecule has 2 amide bonds. The van der Waals surface area contributed by atoms with Crippen molar-refractivity contribution in [3.05, 3.63) is 60.2 Å². The molecule has 14 heteroatoms. The Morgan fingerprint density at radius 3 is 2.53 bits per heavy atom. The smallest absolute Gasteiger partial charge is 0.326 e. The van der Waals surface area contributed by atoms with E-state index in [2.05, 4.69) is 26.3 Å². The number of nitrogens with one attached hydrogen (secondary N) is 4. The first-order valence-corrected chi connectivity index (χ1v) is 16.8. The molecule has 1 unspecified atom stereocenters. The average Bonchev–Trinajstić information content (AvgIpc) is 3.41. The molecule has 1 saturated heterocycles. The van der Waals surface area contributed by atoms with E-state index in [1.165, 1.54) is 23.9 Å². The number of carboxylic acids is 1. The van der Waals surface area contributed by atoms with E-state index in [0.29, 0.717) is 24.1 Å². The van der Waals surface area contributed by atoms with Crippen molar-refractivity contribution in [3.63, 3.8) is 0 Å². The molecule has 0 radical (unpaired) electrons. The SMILES string of the molecule is CC1SC[C@@H](C(=O)N[C@@H](Cc2ccc(NC(=O)CCCCNC3=NCCCN3)cc2)C(=O)O)N1S(=O)(=O)c1ccccc1. The van der Waals surface area contributed by atoms with Crippen molar-refractivity contribution in [2.24, 2.45) is 4.99 Å². The number of sulfonamides is 1. The maximum Gasteiger partial charge on any atom is 0.326 e. The van der Waals surface area contributed by atoms with E-state index in [-0.39, 0.29) is 23.0 Å². The number of carboxylic acid groups (broad SMARTS) is 1. The lowest BCUT2D eigenvalue weighted by Gasteiger charge is -2.27. The van der Waals surface area contributed by atoms with E-state index in [1.807, 2.05) is 0 Å². The van der Waals surface area contributed by atoms with Crippen LogP contribution in [0, 0.1) is 0 Å². The van der Waals surface area contributed by atoms with Gasteiger partial charge in [0.05, 0.1) is 10.3 Å². The van der Waals surface area contributed by atoms with Crippen LogP contribution in [0.4, 0.5) is 5.69 Å². The van der Waals surface area contributed by atoms with E-state index in [1.54, 1.807) is 49.4 Å². The molecule has 0 saturated carbocycles. The molecule has 43 heavy (non-hydrogen) atoms. The lowest BCUT2D eigenvalue weighted by Crippen LogP contribution is -2.53. The zero-order valence-corrected chi connectivity index (χ0v) is 25.6. The molecule has 5 N–H and O–H groups in total. The zero-order chi connectivity index (χ0) is 30.8. The predicted molar refractivity (Wildman–Crippen MR) is 166 cm³/mol. The van der Waals surface area contributed by atoms with Crippen molar-refractivity contribution in [1.29, 1.82) is 0 Å². The second-order valence-electron chi connectivity index (χ2n) is 10.3. The van der Waals surface area contributed by atoms with Gasteiger partial charge in [0.2, 0.25) is 21.8 Å². The number of thioether (sulfide) groups is 1. The van der Waals surface area contributed by atoms with Crippen molar-refractivity contribution in [2.45, 2.75) is 61.4 Å². The fraction of sp³-hybridized carbons (Fsp3) is 0.448. The Morgan fingerprint density at radius 1 is 1.12 bits per heavy atom. The molecule has 2 aromatic rings. The number of hydrogen-bond donors (Lipinski definition) is 5. The van der Waals surface area contributed by atoms with Crippen molar-refractivity contribution in [2.75, 3.05) is 30.7 Å². The Bertz CT molecular complexity index is 1400. The molecule has 0 bridgehead atoms. The van der Waals surface area contributed by atoms with Crippen molar-refractivity contribution >= 4 is 51.2 Å². The summed E-state index contributed by atoms with van der Waals surface area (Å²) < 4.78 is 27.8. The highest BCUT2D eigenvalue weighted by molar-refractivity contribution is 8.01. The largest absolute Gasteiger partial charge is 0.480 e. The third kappa shape index (κ3) is 8.94. The number of guanidine groups is 1. The Kier molecular flexibility index (Phi) is 11.4. The average molecular weight is 631 g/mol. The minimum absolute atomic E-state index is 0.0106. The summed E-state index contributed by atoms with van der Waals surface area (Å²) in [7, 11) is -3.97. The molecule has 12 nitrogen and oxygen atoms in total. The highest BCUT2D eigenvalue weighted by Gasteiger charge is 2.45. The summed E-state index contributed by atoms with van der Waals surface area (Å²) in [6.45, 7) is 4.17. The Labute approximate surface area is 256 Å². The number of carbonyl (C=O) groups is 3. The van der Waals surface area contributed by atoms with Crippen LogP contribution >= 0.6 is 11.8 Å². The van der Waals surface area contributed by atoms with Gasteiger partial charge in [-0.25, -0.2) is 13.2 Å². The summed E-state index contributed by atoms with van der Waals surface area (Å²) in [6, 6.07) is 12.3. The van der Waals surface area contributed by atoms with Crippen molar-refractivity contribution < 1.29 is 27.9 Å². The van der Waals surface area contributed by atoms with Gasteiger partial charge in [-0.1, -0.05) is 30.3 Å². The van der Waals surface area contributed by atoms with E-state index < -0.39 is 39.4 Å². The number of nitrogens with zero attached hydrogens (tertiary/aromatic N) is 2. The van der Waals surface area contributed by atoms with Gasteiger partial charge in [-0.15, -0.1) is 11.8 Å². The lowest BCUT2D eigenvalue weighted by molar-refractivity contribution is -0.142. The predicted octanol–water partition coefficient (Wildman–Crippen LogP) is 2.00. The number of carbonyl (C=O) groups excluding carboxylic acids is 2. The number of aliphatic imine (C=N–C) groups is 1. The van der Waals surface area contributed by atoms with Gasteiger partial charge in [0.15, 0.2) is 5.96 Å². The molecule has 4 rings (SSSR count). The topological polar surface area (TPSA) is 169 Å². The number of hydrogen-bond acceptors (Lipinski definition) is 9. The third-order valence-electron chi connectivity index (χ3n) is 7.09. The number of rotatable bonds is 13. The second-order valence-corrected chi connectivity index (χ2v) is 13.5. The van der Waals surface area contributed by atoms with Gasteiger partial charge in [0.1, 0.15) is 12.1 Å². The standard InChI is InChI=1S/C29H38N6O6S2/c1-20-35(43(40,41)23-8-3-2-4-9-23)25(19-42-20)27(37)34-24(28(38)39)18-21-11-13-22(14-12-21)33-26(36)10-5-6-15-30-29-31-16-7-17-32-29/h2-4,8-9,11-14,20,24-25H,5-7,10,15-19H2,1H3,(H,33,36)(H,34,37)(H,38,39)(H2,30,31,32)/t20?,24-,25-/m0/s1. The van der Waals surface area contributed by atoms with Gasteiger partial charge < -0.3 is 26.4 Å². The van der Waals surface area contributed by atoms with E-state index in [0.717, 1.165) is 42.7 Å². The normalized spacial score (nSPS) is 19.5. The first-order chi connectivity index (χ1) is 20.6. The van der Waals surface area contributed by atoms with Crippen LogP contribution in [0.5, 0.6) is 0 Å². The minimum Gasteiger partial charge on any atom is -0.480 e. The highest BCUT2D eigenvalue weighted by atomic mass is 32.2. The summed E-state index contributed by atoms with van der Waals surface area (Å²) in [6.07, 6.45) is 2.93. The van der Waals surface area contributed by atoms with E-state index >= 15 is 0 Å². The van der Waals surface area contributed by atoms with Crippen LogP contribution in [0.3, 0.4) is 0 Å². The summed E-state index contributed by atoms with van der Waals surface area (Å²) in [5.74, 6) is -0.989. The first kappa shape index (κ1) is 32.3. The highest BCUT2D eigenvalue weighted by Crippen LogP contribution is 2.34. The molecule has 0 spiro atoms. The van der Waals surface area contributed by atoms with E-state index in [4.69, 9.17) is 0 Å². The summed E-state index contributed by atoms with van der Waals surface area (Å²) >= 11 is 1.32. The first-order valence-electron chi connectivity index (χ1n) is 14.3. The quantitative estimate of drug-likeness (QED) is 0.208. The van der Waals surface area contributed by atoms with E-state index in [9.17, 15) is 27.9 Å². The molecule has 0 aliphatic carbocycles. The minimum atomic E-state index is -3.97. The molecule has 0 aromatic heterocycles. The zero-order valence-electron chi connectivity index (χ0n) is 24.0. The summed E-state index contributed by atoms with van der Waals surface area (Å²) in [5, 5.41) is 21.1. The number of amides is 2. The van der Waals surface area contributed by atoms with Crippen LogP contribution in [-0.4, -0.2) is 84.4 Å². The van der Waals surface area contributed by atoms with Crippen LogP contribution in [0.15, 0.2) is 64.5 Å². The van der Waals surface area contributed by atoms with Crippen LogP contribution in [0.1, 0.15) is 38.2 Å². The van der Waals surface area contributed by atoms with Crippen LogP contribution in [0.25, 0.3) is 0 Å². The fourth-order valence-electron chi connectivity index (χ4n) is 4.82. The van der Waals surface area contributed by atoms with Crippen LogP contribution < -0.4 is 21.3 Å². The number of anilines is 1. The molecule has 1 fully saturated rings. The number of unbranched alkanes of at least 4 members (excludes halogenated alkanes) is 1.